The fraction of sp³-hybridized carbons (Fsp3) is 0.154. The maximum Gasteiger partial charge on any atom is 0.308 e. The minimum Gasteiger partial charge on any atom is -0.481 e. The molecule has 2 aromatic rings. The number of halogens is 1. The summed E-state index contributed by atoms with van der Waals surface area (Å²) in [5, 5.41) is 8.71. The maximum atomic E-state index is 12.2. The van der Waals surface area contributed by atoms with Crippen LogP contribution in [0.25, 0.3) is 0 Å². The molecule has 2 rings (SSSR count). The average Bonchev–Trinajstić information content (AvgIpc) is 2.82. The molecule has 0 amide bonds. The maximum absolute atomic E-state index is 12.2. The molecule has 5 nitrogen and oxygen atoms in total. The first kappa shape index (κ1) is 16.2. The Labute approximate surface area is 140 Å². The summed E-state index contributed by atoms with van der Waals surface area (Å²) in [4.78, 5) is 11.1. The van der Waals surface area contributed by atoms with Crippen molar-refractivity contribution in [1.29, 1.82) is 0 Å². The quantitative estimate of drug-likeness (QED) is 0.705. The minimum atomic E-state index is -3.69. The van der Waals surface area contributed by atoms with E-state index >= 15 is 0 Å². The number of aliphatic carboxylic acids is 1. The first-order chi connectivity index (χ1) is 9.78. The molecule has 0 unspecified atom stereocenters. The van der Waals surface area contributed by atoms with Gasteiger partial charge >= 0.3 is 5.97 Å². The lowest BCUT2D eigenvalue weighted by atomic mass is 10.2. The molecule has 112 valence electrons. The highest BCUT2D eigenvalue weighted by atomic mass is 127. The van der Waals surface area contributed by atoms with E-state index in [4.69, 9.17) is 5.11 Å². The van der Waals surface area contributed by atoms with Crippen LogP contribution >= 0.6 is 33.9 Å². The highest BCUT2D eigenvalue weighted by Gasteiger charge is 2.18. The van der Waals surface area contributed by atoms with E-state index < -0.39 is 16.0 Å². The molecule has 0 aliphatic heterocycles. The predicted octanol–water partition coefficient (Wildman–Crippen LogP) is 3.09. The fourth-order valence-electron chi connectivity index (χ4n) is 1.61. The second kappa shape index (κ2) is 6.32. The summed E-state index contributed by atoms with van der Waals surface area (Å²) in [5.74, 6) is -0.984. The van der Waals surface area contributed by atoms with Crippen LogP contribution in [-0.4, -0.2) is 19.5 Å². The Hall–Kier alpha value is -1.13. The van der Waals surface area contributed by atoms with Gasteiger partial charge in [0.2, 0.25) is 0 Å². The van der Waals surface area contributed by atoms with Crippen LogP contribution in [0.5, 0.6) is 0 Å². The number of carbonyl (C=O) groups is 1. The number of sulfonamides is 1. The van der Waals surface area contributed by atoms with Gasteiger partial charge in [0.25, 0.3) is 10.0 Å². The molecular weight excluding hydrogens is 425 g/mol. The van der Waals surface area contributed by atoms with Crippen LogP contribution in [0.15, 0.2) is 34.5 Å². The number of rotatable bonds is 5. The average molecular weight is 437 g/mol. The van der Waals surface area contributed by atoms with Gasteiger partial charge in [0, 0.05) is 14.1 Å². The molecule has 2 N–H and O–H groups in total. The number of hydrogen-bond acceptors (Lipinski definition) is 4. The number of nitrogens with one attached hydrogen (secondary N) is 1. The van der Waals surface area contributed by atoms with Crippen LogP contribution in [0.3, 0.4) is 0 Å². The van der Waals surface area contributed by atoms with E-state index in [-0.39, 0.29) is 10.6 Å². The number of carboxylic acid groups (broad SMARTS) is 1. The molecule has 8 heteroatoms. The van der Waals surface area contributed by atoms with Crippen LogP contribution in [0.2, 0.25) is 0 Å². The minimum absolute atomic E-state index is 0.106. The molecule has 0 saturated heterocycles. The lowest BCUT2D eigenvalue weighted by molar-refractivity contribution is -0.136. The third-order valence-corrected chi connectivity index (χ3v) is 6.77. The molecule has 0 aliphatic rings. The molecule has 21 heavy (non-hydrogen) atoms. The van der Waals surface area contributed by atoms with E-state index in [0.717, 1.165) is 20.5 Å². The van der Waals surface area contributed by atoms with Gasteiger partial charge in [-0.3, -0.25) is 9.52 Å². The summed E-state index contributed by atoms with van der Waals surface area (Å²) in [6.45, 7) is 1.94. The largest absolute Gasteiger partial charge is 0.481 e. The van der Waals surface area contributed by atoms with Gasteiger partial charge in [0.05, 0.1) is 6.42 Å². The van der Waals surface area contributed by atoms with Crippen LogP contribution in [0, 0.1) is 10.5 Å². The lowest BCUT2D eigenvalue weighted by Crippen LogP contribution is -2.11. The molecule has 1 aromatic carbocycles. The van der Waals surface area contributed by atoms with Crippen molar-refractivity contribution in [3.05, 3.63) is 44.3 Å². The van der Waals surface area contributed by atoms with Crippen LogP contribution in [0.1, 0.15) is 10.4 Å². The van der Waals surface area contributed by atoms with Gasteiger partial charge in [-0.15, -0.1) is 11.3 Å². The highest BCUT2D eigenvalue weighted by Crippen LogP contribution is 2.25. The molecule has 0 spiro atoms. The lowest BCUT2D eigenvalue weighted by Gasteiger charge is -2.07. The molecule has 0 bridgehead atoms. The summed E-state index contributed by atoms with van der Waals surface area (Å²) >= 11 is 3.10. The standard InChI is InChI=1S/C13H12INO4S2/c1-8-2-3-9(6-11(8)14)15-21(18,19)13-5-4-10(20-13)7-12(16)17/h2-6,15H,7H2,1H3,(H,16,17). The number of anilines is 1. The first-order valence-electron chi connectivity index (χ1n) is 5.87. The predicted molar refractivity (Wildman–Crippen MR) is 90.4 cm³/mol. The van der Waals surface area contributed by atoms with Crippen molar-refractivity contribution < 1.29 is 18.3 Å². The Morgan fingerprint density at radius 2 is 2.05 bits per heavy atom. The Morgan fingerprint density at radius 3 is 2.67 bits per heavy atom. The summed E-state index contributed by atoms with van der Waals surface area (Å²) in [6.07, 6.45) is -0.178. The van der Waals surface area contributed by atoms with Crippen LogP contribution < -0.4 is 4.72 Å². The molecule has 0 aliphatic carbocycles. The summed E-state index contributed by atoms with van der Waals surface area (Å²) in [5.41, 5.74) is 1.55. The van der Waals surface area contributed by atoms with Crippen molar-refractivity contribution in [3.63, 3.8) is 0 Å². The van der Waals surface area contributed by atoms with Gasteiger partial charge in [0.1, 0.15) is 4.21 Å². The van der Waals surface area contributed by atoms with Crippen molar-refractivity contribution in [3.8, 4) is 0 Å². The Bertz CT molecular complexity index is 783. The van der Waals surface area contributed by atoms with Gasteiger partial charge in [-0.05, 0) is 59.3 Å². The van der Waals surface area contributed by atoms with Gasteiger partial charge in [-0.1, -0.05) is 6.07 Å². The van der Waals surface area contributed by atoms with E-state index in [0.29, 0.717) is 10.6 Å². The molecule has 1 heterocycles. The molecule has 0 fully saturated rings. The van der Waals surface area contributed by atoms with Crippen molar-refractivity contribution >= 4 is 55.6 Å². The fourth-order valence-corrected chi connectivity index (χ4v) is 4.52. The number of aryl methyl sites for hydroxylation is 1. The van der Waals surface area contributed by atoms with E-state index in [1.54, 1.807) is 12.1 Å². The van der Waals surface area contributed by atoms with E-state index in [1.165, 1.54) is 12.1 Å². The molecular formula is C13H12INO4S2. The summed E-state index contributed by atoms with van der Waals surface area (Å²) in [7, 11) is -3.69. The normalized spacial score (nSPS) is 11.3. The zero-order valence-corrected chi connectivity index (χ0v) is 14.8. The number of carboxylic acids is 1. The second-order valence-electron chi connectivity index (χ2n) is 4.36. The van der Waals surface area contributed by atoms with Gasteiger partial charge < -0.3 is 5.11 Å². The molecule has 0 saturated carbocycles. The monoisotopic (exact) mass is 437 g/mol. The first-order valence-corrected chi connectivity index (χ1v) is 9.25. The van der Waals surface area contributed by atoms with Crippen molar-refractivity contribution in [1.82, 2.24) is 0 Å². The zero-order chi connectivity index (χ0) is 15.6. The van der Waals surface area contributed by atoms with Crippen LogP contribution in [-0.2, 0) is 21.2 Å². The third kappa shape index (κ3) is 4.17. The smallest absolute Gasteiger partial charge is 0.308 e. The molecule has 0 atom stereocenters. The number of benzene rings is 1. The van der Waals surface area contributed by atoms with E-state index in [2.05, 4.69) is 27.3 Å². The summed E-state index contributed by atoms with van der Waals surface area (Å²) in [6, 6.07) is 8.22. The molecule has 0 radical (unpaired) electrons. The van der Waals surface area contributed by atoms with Gasteiger partial charge in [-0.25, -0.2) is 8.42 Å². The van der Waals surface area contributed by atoms with Gasteiger partial charge in [-0.2, -0.15) is 0 Å². The van der Waals surface area contributed by atoms with Crippen molar-refractivity contribution in [2.75, 3.05) is 4.72 Å². The topological polar surface area (TPSA) is 83.5 Å². The van der Waals surface area contributed by atoms with Crippen molar-refractivity contribution in [2.45, 2.75) is 17.6 Å². The van der Waals surface area contributed by atoms with Gasteiger partial charge in [0.15, 0.2) is 0 Å². The Kier molecular flexibility index (Phi) is 4.89. The Morgan fingerprint density at radius 1 is 1.33 bits per heavy atom. The number of thiophene rings is 1. The third-order valence-electron chi connectivity index (χ3n) is 2.65. The SMILES string of the molecule is Cc1ccc(NS(=O)(=O)c2ccc(CC(=O)O)s2)cc1I. The zero-order valence-electron chi connectivity index (χ0n) is 11.0. The highest BCUT2D eigenvalue weighted by molar-refractivity contribution is 14.1. The number of hydrogen-bond donors (Lipinski definition) is 2. The van der Waals surface area contributed by atoms with Crippen molar-refractivity contribution in [2.24, 2.45) is 0 Å². The summed E-state index contributed by atoms with van der Waals surface area (Å²) < 4.78 is 28.1. The Balaban J connectivity index is 2.23. The molecule has 1 aromatic heterocycles. The van der Waals surface area contributed by atoms with E-state index in [1.807, 2.05) is 13.0 Å². The van der Waals surface area contributed by atoms with E-state index in [9.17, 15) is 13.2 Å². The second-order valence-corrected chi connectivity index (χ2v) is 8.60. The van der Waals surface area contributed by atoms with Crippen LogP contribution in [0.4, 0.5) is 5.69 Å².